The summed E-state index contributed by atoms with van der Waals surface area (Å²) in [5.41, 5.74) is 0.123. The summed E-state index contributed by atoms with van der Waals surface area (Å²) in [4.78, 5) is 22.3. The molecule has 104 valence electrons. The number of phenolic OH excluding ortho intramolecular Hbond substituents is 1. The van der Waals surface area contributed by atoms with Crippen LogP contribution in [0.3, 0.4) is 0 Å². The van der Waals surface area contributed by atoms with Crippen LogP contribution in [0.1, 0.15) is 17.3 Å². The van der Waals surface area contributed by atoms with Gasteiger partial charge >= 0.3 is 12.0 Å². The number of hydrogen-bond donors (Lipinski definition) is 4. The lowest BCUT2D eigenvalue weighted by Gasteiger charge is -2.14. The number of rotatable bonds is 5. The summed E-state index contributed by atoms with van der Waals surface area (Å²) in [7, 11) is 0. The third-order valence-corrected chi connectivity index (χ3v) is 3.12. The van der Waals surface area contributed by atoms with Crippen molar-refractivity contribution in [3.63, 3.8) is 0 Å². The van der Waals surface area contributed by atoms with Crippen LogP contribution in [-0.4, -0.2) is 40.3 Å². The van der Waals surface area contributed by atoms with Crippen molar-refractivity contribution in [2.45, 2.75) is 13.0 Å². The van der Waals surface area contributed by atoms with Crippen LogP contribution >= 0.6 is 11.8 Å². The van der Waals surface area contributed by atoms with E-state index >= 15 is 0 Å². The maximum absolute atomic E-state index is 11.6. The lowest BCUT2D eigenvalue weighted by atomic mass is 10.2. The number of carbonyl (C=O) groups excluding carboxylic acids is 1. The van der Waals surface area contributed by atoms with Gasteiger partial charge in [0, 0.05) is 11.8 Å². The Balaban J connectivity index is 2.67. The molecule has 0 aromatic heterocycles. The van der Waals surface area contributed by atoms with Crippen LogP contribution in [0, 0.1) is 0 Å². The van der Waals surface area contributed by atoms with Gasteiger partial charge in [-0.3, -0.25) is 0 Å². The molecule has 19 heavy (non-hydrogen) atoms. The zero-order chi connectivity index (χ0) is 14.4. The summed E-state index contributed by atoms with van der Waals surface area (Å²) in [6.07, 6.45) is 1.94. The quantitative estimate of drug-likeness (QED) is 0.620. The zero-order valence-electron chi connectivity index (χ0n) is 10.6. The largest absolute Gasteiger partial charge is 0.506 e. The second-order valence-corrected chi connectivity index (χ2v) is 4.90. The first-order valence-corrected chi connectivity index (χ1v) is 6.96. The van der Waals surface area contributed by atoms with Gasteiger partial charge in [0.05, 0.1) is 11.3 Å². The molecule has 2 amide bonds. The zero-order valence-corrected chi connectivity index (χ0v) is 11.5. The molecule has 4 N–H and O–H groups in total. The Hall–Kier alpha value is -1.89. The summed E-state index contributed by atoms with van der Waals surface area (Å²) >= 11 is 1.61. The number of urea groups is 1. The summed E-state index contributed by atoms with van der Waals surface area (Å²) in [6.45, 7) is 1.86. The third-order valence-electron chi connectivity index (χ3n) is 2.29. The Morgan fingerprint density at radius 1 is 1.42 bits per heavy atom. The molecule has 0 bridgehead atoms. The highest BCUT2D eigenvalue weighted by atomic mass is 32.2. The summed E-state index contributed by atoms with van der Waals surface area (Å²) in [5.74, 6) is -0.648. The maximum Gasteiger partial charge on any atom is 0.335 e. The van der Waals surface area contributed by atoms with Crippen molar-refractivity contribution in [3.05, 3.63) is 23.8 Å². The number of hydrogen-bond acceptors (Lipinski definition) is 4. The van der Waals surface area contributed by atoms with E-state index in [1.807, 2.05) is 13.2 Å². The second kappa shape index (κ2) is 6.89. The van der Waals surface area contributed by atoms with Crippen molar-refractivity contribution >= 4 is 29.4 Å². The van der Waals surface area contributed by atoms with Gasteiger partial charge in [0.15, 0.2) is 0 Å². The van der Waals surface area contributed by atoms with Gasteiger partial charge in [-0.15, -0.1) is 0 Å². The molecular weight excluding hydrogens is 268 g/mol. The molecule has 0 saturated heterocycles. The topological polar surface area (TPSA) is 98.7 Å². The molecule has 0 aliphatic carbocycles. The fourth-order valence-corrected chi connectivity index (χ4v) is 2.03. The van der Waals surface area contributed by atoms with Gasteiger partial charge in [0.1, 0.15) is 5.75 Å². The minimum absolute atomic E-state index is 0.00423. The molecule has 1 rings (SSSR count). The molecule has 0 heterocycles. The van der Waals surface area contributed by atoms with Gasteiger partial charge in [-0.25, -0.2) is 9.59 Å². The fourth-order valence-electron chi connectivity index (χ4n) is 1.44. The van der Waals surface area contributed by atoms with E-state index in [0.717, 1.165) is 11.8 Å². The summed E-state index contributed by atoms with van der Waals surface area (Å²) in [6, 6.07) is 3.29. The van der Waals surface area contributed by atoms with Crippen molar-refractivity contribution in [2.24, 2.45) is 0 Å². The van der Waals surface area contributed by atoms with Gasteiger partial charge < -0.3 is 20.8 Å². The van der Waals surface area contributed by atoms with Crippen molar-refractivity contribution < 1.29 is 19.8 Å². The number of anilines is 1. The SMILES string of the molecule is CSCC(C)NC(=O)Nc1ccc(C(=O)O)cc1O. The molecule has 0 radical (unpaired) electrons. The molecule has 0 spiro atoms. The standard InChI is InChI=1S/C12H16N2O4S/c1-7(6-19-2)13-12(18)14-9-4-3-8(11(16)17)5-10(9)15/h3-5,7,15H,6H2,1-2H3,(H,16,17)(H2,13,14,18). The van der Waals surface area contributed by atoms with Gasteiger partial charge in [-0.05, 0) is 31.4 Å². The van der Waals surface area contributed by atoms with Gasteiger partial charge in [0.2, 0.25) is 0 Å². The number of benzene rings is 1. The normalized spacial score (nSPS) is 11.7. The highest BCUT2D eigenvalue weighted by molar-refractivity contribution is 7.98. The lowest BCUT2D eigenvalue weighted by molar-refractivity contribution is 0.0696. The van der Waals surface area contributed by atoms with Crippen molar-refractivity contribution in [3.8, 4) is 5.75 Å². The van der Waals surface area contributed by atoms with Crippen molar-refractivity contribution in [1.29, 1.82) is 0 Å². The summed E-state index contributed by atoms with van der Waals surface area (Å²) < 4.78 is 0. The number of amides is 2. The molecule has 1 aromatic carbocycles. The number of carboxylic acids is 1. The van der Waals surface area contributed by atoms with E-state index in [9.17, 15) is 14.7 Å². The fraction of sp³-hybridized carbons (Fsp3) is 0.333. The maximum atomic E-state index is 11.6. The van der Waals surface area contributed by atoms with E-state index in [0.29, 0.717) is 0 Å². The average Bonchev–Trinajstić information content (AvgIpc) is 2.31. The van der Waals surface area contributed by atoms with Crippen molar-refractivity contribution in [1.82, 2.24) is 5.32 Å². The molecular formula is C12H16N2O4S. The Labute approximate surface area is 115 Å². The number of aromatic carboxylic acids is 1. The number of aromatic hydroxyl groups is 1. The van der Waals surface area contributed by atoms with Crippen LogP contribution < -0.4 is 10.6 Å². The van der Waals surface area contributed by atoms with Gasteiger partial charge in [-0.1, -0.05) is 0 Å². The molecule has 0 aliphatic rings. The monoisotopic (exact) mass is 284 g/mol. The van der Waals surface area contributed by atoms with E-state index in [4.69, 9.17) is 5.11 Å². The minimum atomic E-state index is -1.14. The smallest absolute Gasteiger partial charge is 0.335 e. The molecule has 0 saturated carbocycles. The van der Waals surface area contributed by atoms with Gasteiger partial charge in [0.25, 0.3) is 0 Å². The number of nitrogens with one attached hydrogen (secondary N) is 2. The Bertz CT molecular complexity index is 479. The van der Waals surface area contributed by atoms with E-state index < -0.39 is 12.0 Å². The molecule has 1 aromatic rings. The Morgan fingerprint density at radius 3 is 2.63 bits per heavy atom. The first-order chi connectivity index (χ1) is 8.93. The predicted molar refractivity (Wildman–Crippen MR) is 75.1 cm³/mol. The molecule has 0 aliphatic heterocycles. The Kier molecular flexibility index (Phi) is 5.50. The van der Waals surface area contributed by atoms with E-state index in [1.165, 1.54) is 12.1 Å². The van der Waals surface area contributed by atoms with Gasteiger partial charge in [-0.2, -0.15) is 11.8 Å². The van der Waals surface area contributed by atoms with Crippen LogP contribution in [0.15, 0.2) is 18.2 Å². The molecule has 1 atom stereocenters. The predicted octanol–water partition coefficient (Wildman–Crippen LogP) is 1.96. The average molecular weight is 284 g/mol. The summed E-state index contributed by atoms with van der Waals surface area (Å²) in [5, 5.41) is 23.5. The number of carboxylic acid groups (broad SMARTS) is 1. The van der Waals surface area contributed by atoms with E-state index in [2.05, 4.69) is 10.6 Å². The highest BCUT2D eigenvalue weighted by Crippen LogP contribution is 2.24. The highest BCUT2D eigenvalue weighted by Gasteiger charge is 2.11. The number of phenols is 1. The van der Waals surface area contributed by atoms with Crippen LogP contribution in [0.4, 0.5) is 10.5 Å². The van der Waals surface area contributed by atoms with E-state index in [-0.39, 0.29) is 23.0 Å². The van der Waals surface area contributed by atoms with Crippen molar-refractivity contribution in [2.75, 3.05) is 17.3 Å². The molecule has 1 unspecified atom stereocenters. The molecule has 6 nitrogen and oxygen atoms in total. The Morgan fingerprint density at radius 2 is 2.11 bits per heavy atom. The van der Waals surface area contributed by atoms with Crippen LogP contribution in [0.2, 0.25) is 0 Å². The lowest BCUT2D eigenvalue weighted by Crippen LogP contribution is -2.37. The molecule has 0 fully saturated rings. The second-order valence-electron chi connectivity index (χ2n) is 3.99. The van der Waals surface area contributed by atoms with Crippen LogP contribution in [0.5, 0.6) is 5.75 Å². The minimum Gasteiger partial charge on any atom is -0.506 e. The third kappa shape index (κ3) is 4.70. The van der Waals surface area contributed by atoms with Crippen LogP contribution in [0.25, 0.3) is 0 Å². The number of thioether (sulfide) groups is 1. The first-order valence-electron chi connectivity index (χ1n) is 5.56. The van der Waals surface area contributed by atoms with E-state index in [1.54, 1.807) is 11.8 Å². The van der Waals surface area contributed by atoms with Crippen LogP contribution in [-0.2, 0) is 0 Å². The molecule has 7 heteroatoms. The number of carbonyl (C=O) groups is 2. The first kappa shape index (κ1) is 15.2.